The second-order valence-electron chi connectivity index (χ2n) is 7.80. The first-order chi connectivity index (χ1) is 15.8. The SMILES string of the molecule is COc1ccc(Br)cc1/C=C/C(=O)Nc1cc(-c2nc3cc(C(C)C)ccc3o2)ccc1Cl. The lowest BCUT2D eigenvalue weighted by Gasteiger charge is -2.07. The third kappa shape index (κ3) is 5.29. The minimum Gasteiger partial charge on any atom is -0.496 e. The number of carbonyl (C=O) groups excluding carboxylic acids is 1. The van der Waals surface area contributed by atoms with Gasteiger partial charge in [-0.2, -0.15) is 0 Å². The predicted molar refractivity (Wildman–Crippen MR) is 137 cm³/mol. The highest BCUT2D eigenvalue weighted by Gasteiger charge is 2.13. The number of halogens is 2. The predicted octanol–water partition coefficient (Wildman–Crippen LogP) is 7.69. The number of hydrogen-bond acceptors (Lipinski definition) is 4. The van der Waals surface area contributed by atoms with Crippen LogP contribution in [0.5, 0.6) is 5.75 Å². The van der Waals surface area contributed by atoms with Gasteiger partial charge in [-0.1, -0.05) is 47.4 Å². The molecule has 1 amide bonds. The van der Waals surface area contributed by atoms with Crippen LogP contribution in [0.15, 0.2) is 69.6 Å². The minimum absolute atomic E-state index is 0.324. The number of nitrogens with zero attached hydrogens (tertiary/aromatic N) is 1. The molecular formula is C26H22BrClN2O3. The highest BCUT2D eigenvalue weighted by molar-refractivity contribution is 9.10. The molecule has 3 aromatic carbocycles. The quantitative estimate of drug-likeness (QED) is 0.262. The number of oxazole rings is 1. The zero-order valence-electron chi connectivity index (χ0n) is 18.4. The Hall–Kier alpha value is -3.09. The Bertz CT molecular complexity index is 1360. The van der Waals surface area contributed by atoms with Gasteiger partial charge < -0.3 is 14.5 Å². The number of aromatic nitrogens is 1. The van der Waals surface area contributed by atoms with Crippen LogP contribution in [0.2, 0.25) is 5.02 Å². The molecule has 1 N–H and O–H groups in total. The highest BCUT2D eigenvalue weighted by atomic mass is 79.9. The van der Waals surface area contributed by atoms with Crippen molar-refractivity contribution in [3.8, 4) is 17.2 Å². The molecule has 0 saturated heterocycles. The number of ether oxygens (including phenoxy) is 1. The van der Waals surface area contributed by atoms with Gasteiger partial charge in [0.2, 0.25) is 11.8 Å². The third-order valence-corrected chi connectivity index (χ3v) is 5.98. The Morgan fingerprint density at radius 2 is 1.97 bits per heavy atom. The molecule has 0 spiro atoms. The molecule has 168 valence electrons. The minimum atomic E-state index is -0.324. The monoisotopic (exact) mass is 524 g/mol. The van der Waals surface area contributed by atoms with E-state index < -0.39 is 0 Å². The van der Waals surface area contributed by atoms with E-state index in [4.69, 9.17) is 20.8 Å². The number of anilines is 1. The average Bonchev–Trinajstić information content (AvgIpc) is 3.22. The maximum Gasteiger partial charge on any atom is 0.248 e. The standard InChI is InChI=1S/C26H22BrClN2O3/c1-15(2)16-5-9-24-22(13-16)30-26(33-24)18-4-8-20(28)21(14-18)29-25(31)11-6-17-12-19(27)7-10-23(17)32-3/h4-15H,1-3H3,(H,29,31)/b11-6+. The number of methoxy groups -OCH3 is 1. The molecule has 0 atom stereocenters. The summed E-state index contributed by atoms with van der Waals surface area (Å²) in [6.07, 6.45) is 3.12. The summed E-state index contributed by atoms with van der Waals surface area (Å²) in [6.45, 7) is 4.27. The second kappa shape index (κ2) is 9.81. The van der Waals surface area contributed by atoms with E-state index in [1.807, 2.05) is 42.5 Å². The summed E-state index contributed by atoms with van der Waals surface area (Å²) in [4.78, 5) is 17.2. The summed E-state index contributed by atoms with van der Waals surface area (Å²) < 4.78 is 12.2. The van der Waals surface area contributed by atoms with E-state index in [1.54, 1.807) is 25.3 Å². The number of hydrogen-bond donors (Lipinski definition) is 1. The smallest absolute Gasteiger partial charge is 0.248 e. The number of fused-ring (bicyclic) bond motifs is 1. The Kier molecular flexibility index (Phi) is 6.86. The Labute approximate surface area is 205 Å². The molecule has 0 aliphatic rings. The van der Waals surface area contributed by atoms with E-state index >= 15 is 0 Å². The van der Waals surface area contributed by atoms with Crippen LogP contribution >= 0.6 is 27.5 Å². The molecule has 0 fully saturated rings. The van der Waals surface area contributed by atoms with Crippen LogP contribution in [-0.2, 0) is 4.79 Å². The van der Waals surface area contributed by atoms with Crippen LogP contribution < -0.4 is 10.1 Å². The van der Waals surface area contributed by atoms with Crippen molar-refractivity contribution in [2.24, 2.45) is 0 Å². The van der Waals surface area contributed by atoms with Crippen LogP contribution in [-0.4, -0.2) is 18.0 Å². The number of carbonyl (C=O) groups is 1. The van der Waals surface area contributed by atoms with Gasteiger partial charge in [0.05, 0.1) is 17.8 Å². The molecule has 4 aromatic rings. The van der Waals surface area contributed by atoms with E-state index in [2.05, 4.69) is 40.1 Å². The topological polar surface area (TPSA) is 64.4 Å². The molecule has 1 aromatic heterocycles. The number of benzene rings is 3. The lowest BCUT2D eigenvalue weighted by atomic mass is 10.0. The van der Waals surface area contributed by atoms with Gasteiger partial charge in [0, 0.05) is 21.7 Å². The van der Waals surface area contributed by atoms with Crippen LogP contribution in [0.1, 0.15) is 30.9 Å². The van der Waals surface area contributed by atoms with E-state index in [9.17, 15) is 4.79 Å². The van der Waals surface area contributed by atoms with Crippen molar-refractivity contribution in [2.45, 2.75) is 19.8 Å². The lowest BCUT2D eigenvalue weighted by Crippen LogP contribution is -2.08. The average molecular weight is 526 g/mol. The summed E-state index contributed by atoms with van der Waals surface area (Å²) in [7, 11) is 1.58. The zero-order chi connectivity index (χ0) is 23.5. The molecule has 0 saturated carbocycles. The molecule has 0 bridgehead atoms. The van der Waals surface area contributed by atoms with Crippen molar-refractivity contribution < 1.29 is 13.9 Å². The first-order valence-corrected chi connectivity index (χ1v) is 11.5. The van der Waals surface area contributed by atoms with Gasteiger partial charge >= 0.3 is 0 Å². The molecular weight excluding hydrogens is 504 g/mol. The van der Waals surface area contributed by atoms with Gasteiger partial charge in [0.1, 0.15) is 11.3 Å². The number of rotatable bonds is 6. The Morgan fingerprint density at radius 3 is 2.73 bits per heavy atom. The normalized spacial score (nSPS) is 11.5. The van der Waals surface area contributed by atoms with Gasteiger partial charge in [0.25, 0.3) is 0 Å². The molecule has 0 unspecified atom stereocenters. The van der Waals surface area contributed by atoms with Gasteiger partial charge in [-0.3, -0.25) is 4.79 Å². The van der Waals surface area contributed by atoms with Crippen molar-refractivity contribution in [2.75, 3.05) is 12.4 Å². The number of amides is 1. The van der Waals surface area contributed by atoms with Crippen molar-refractivity contribution in [3.05, 3.63) is 81.3 Å². The van der Waals surface area contributed by atoms with Crippen molar-refractivity contribution in [1.82, 2.24) is 4.98 Å². The van der Waals surface area contributed by atoms with Gasteiger partial charge in [-0.15, -0.1) is 0 Å². The summed E-state index contributed by atoms with van der Waals surface area (Å²) in [6, 6.07) is 16.9. The molecule has 1 heterocycles. The summed E-state index contributed by atoms with van der Waals surface area (Å²) in [5, 5.41) is 3.24. The maximum absolute atomic E-state index is 12.6. The van der Waals surface area contributed by atoms with E-state index in [-0.39, 0.29) is 5.91 Å². The third-order valence-electron chi connectivity index (χ3n) is 5.16. The molecule has 4 rings (SSSR count). The second-order valence-corrected chi connectivity index (χ2v) is 9.13. The first kappa shape index (κ1) is 23.1. The Balaban J connectivity index is 1.57. The van der Waals surface area contributed by atoms with Crippen LogP contribution in [0.4, 0.5) is 5.69 Å². The maximum atomic E-state index is 12.6. The van der Waals surface area contributed by atoms with Crippen LogP contribution in [0.3, 0.4) is 0 Å². The fraction of sp³-hybridized carbons (Fsp3) is 0.154. The fourth-order valence-corrected chi connectivity index (χ4v) is 3.90. The van der Waals surface area contributed by atoms with E-state index in [0.29, 0.717) is 33.9 Å². The largest absolute Gasteiger partial charge is 0.496 e. The molecule has 0 aliphatic heterocycles. The van der Waals surface area contributed by atoms with Crippen molar-refractivity contribution >= 4 is 56.3 Å². The van der Waals surface area contributed by atoms with E-state index in [1.165, 1.54) is 11.6 Å². The zero-order valence-corrected chi connectivity index (χ0v) is 20.7. The van der Waals surface area contributed by atoms with Gasteiger partial charge in [0.15, 0.2) is 5.58 Å². The molecule has 33 heavy (non-hydrogen) atoms. The lowest BCUT2D eigenvalue weighted by molar-refractivity contribution is -0.111. The molecule has 5 nitrogen and oxygen atoms in total. The molecule has 7 heteroatoms. The fourth-order valence-electron chi connectivity index (χ4n) is 3.36. The Morgan fingerprint density at radius 1 is 1.15 bits per heavy atom. The van der Waals surface area contributed by atoms with Crippen molar-refractivity contribution in [1.29, 1.82) is 0 Å². The van der Waals surface area contributed by atoms with Gasteiger partial charge in [-0.05, 0) is 66.1 Å². The summed E-state index contributed by atoms with van der Waals surface area (Å²) in [5.41, 5.74) is 4.66. The summed E-state index contributed by atoms with van der Waals surface area (Å²) in [5.74, 6) is 1.21. The van der Waals surface area contributed by atoms with Crippen LogP contribution in [0.25, 0.3) is 28.6 Å². The first-order valence-electron chi connectivity index (χ1n) is 10.4. The molecule has 0 aliphatic carbocycles. The highest BCUT2D eigenvalue weighted by Crippen LogP contribution is 2.31. The molecule has 0 radical (unpaired) electrons. The summed E-state index contributed by atoms with van der Waals surface area (Å²) >= 11 is 9.76. The van der Waals surface area contributed by atoms with Gasteiger partial charge in [-0.25, -0.2) is 4.98 Å². The van der Waals surface area contributed by atoms with Crippen molar-refractivity contribution in [3.63, 3.8) is 0 Å². The number of nitrogens with one attached hydrogen (secondary N) is 1. The van der Waals surface area contributed by atoms with Crippen LogP contribution in [0, 0.1) is 0 Å². The van der Waals surface area contributed by atoms with E-state index in [0.717, 1.165) is 21.1 Å².